The summed E-state index contributed by atoms with van der Waals surface area (Å²) in [5.74, 6) is -0.829. The molecule has 0 saturated carbocycles. The average molecular weight is 311 g/mol. The Morgan fingerprint density at radius 3 is 2.32 bits per heavy atom. The van der Waals surface area contributed by atoms with Crippen molar-refractivity contribution in [2.24, 2.45) is 11.1 Å². The van der Waals surface area contributed by atoms with E-state index < -0.39 is 17.3 Å². The van der Waals surface area contributed by atoms with Crippen LogP contribution in [0.4, 0.5) is 4.39 Å². The van der Waals surface area contributed by atoms with E-state index in [1.807, 2.05) is 20.8 Å². The molecule has 0 saturated heterocycles. The minimum absolute atomic E-state index is 0.119. The standard InChI is InChI=1S/C17H26FNO3/c1-11(2)22-15(20)17(19,10-16(3,4)5)13-8-7-12(21-6)9-14(13)18/h7-9,11H,10,19H2,1-6H3/t17-/m1/s1. The van der Waals surface area contributed by atoms with Crippen molar-refractivity contribution in [1.82, 2.24) is 0 Å². The number of methoxy groups -OCH3 is 1. The first-order chi connectivity index (χ1) is 9.99. The molecule has 1 atom stereocenters. The van der Waals surface area contributed by atoms with Crippen molar-refractivity contribution in [2.75, 3.05) is 7.11 Å². The maximum Gasteiger partial charge on any atom is 0.331 e. The van der Waals surface area contributed by atoms with E-state index >= 15 is 0 Å². The lowest BCUT2D eigenvalue weighted by molar-refractivity contribution is -0.156. The van der Waals surface area contributed by atoms with Gasteiger partial charge < -0.3 is 15.2 Å². The molecule has 0 fully saturated rings. The molecule has 4 nitrogen and oxygen atoms in total. The molecule has 1 aromatic rings. The maximum absolute atomic E-state index is 14.4. The fourth-order valence-corrected chi connectivity index (χ4v) is 2.42. The number of hydrogen-bond donors (Lipinski definition) is 1. The van der Waals surface area contributed by atoms with Crippen LogP contribution in [0.15, 0.2) is 18.2 Å². The molecule has 5 heteroatoms. The third-order valence-electron chi connectivity index (χ3n) is 3.17. The van der Waals surface area contributed by atoms with Gasteiger partial charge in [0.2, 0.25) is 0 Å². The molecule has 1 rings (SSSR count). The summed E-state index contributed by atoms with van der Waals surface area (Å²) in [4.78, 5) is 12.5. The molecular formula is C17H26FNO3. The Morgan fingerprint density at radius 1 is 1.32 bits per heavy atom. The number of nitrogens with two attached hydrogens (primary N) is 1. The third-order valence-corrected chi connectivity index (χ3v) is 3.17. The minimum Gasteiger partial charge on any atom is -0.497 e. The van der Waals surface area contributed by atoms with Crippen LogP contribution in [-0.2, 0) is 15.1 Å². The van der Waals surface area contributed by atoms with Gasteiger partial charge >= 0.3 is 5.97 Å². The average Bonchev–Trinajstić information content (AvgIpc) is 2.35. The van der Waals surface area contributed by atoms with Crippen molar-refractivity contribution in [3.63, 3.8) is 0 Å². The zero-order valence-electron chi connectivity index (χ0n) is 14.2. The fourth-order valence-electron chi connectivity index (χ4n) is 2.42. The van der Waals surface area contributed by atoms with Gasteiger partial charge in [0.25, 0.3) is 0 Å². The zero-order valence-corrected chi connectivity index (χ0v) is 14.2. The SMILES string of the molecule is COc1ccc([C@](N)(CC(C)(C)C)C(=O)OC(C)C)c(F)c1. The van der Waals surface area contributed by atoms with Crippen LogP contribution in [-0.4, -0.2) is 19.2 Å². The summed E-state index contributed by atoms with van der Waals surface area (Å²) < 4.78 is 24.7. The summed E-state index contributed by atoms with van der Waals surface area (Å²) in [5.41, 5.74) is 4.63. The number of carbonyl (C=O) groups excluding carboxylic acids is 1. The number of benzene rings is 1. The second-order valence-corrected chi connectivity index (χ2v) is 7.01. The molecule has 0 aliphatic carbocycles. The highest BCUT2D eigenvalue weighted by atomic mass is 19.1. The van der Waals surface area contributed by atoms with Gasteiger partial charge in [-0.15, -0.1) is 0 Å². The van der Waals surface area contributed by atoms with Gasteiger partial charge in [-0.25, -0.2) is 9.18 Å². The molecule has 22 heavy (non-hydrogen) atoms. The molecular weight excluding hydrogens is 285 g/mol. The molecule has 0 aliphatic heterocycles. The van der Waals surface area contributed by atoms with Crippen LogP contribution in [0.1, 0.15) is 46.6 Å². The molecule has 0 aliphatic rings. The number of hydrogen-bond acceptors (Lipinski definition) is 4. The Morgan fingerprint density at radius 2 is 1.91 bits per heavy atom. The summed E-state index contributed by atoms with van der Waals surface area (Å²) >= 11 is 0. The molecule has 0 bridgehead atoms. The predicted molar refractivity (Wildman–Crippen MR) is 84.1 cm³/mol. The maximum atomic E-state index is 14.4. The summed E-state index contributed by atoms with van der Waals surface area (Å²) in [6.45, 7) is 9.30. The molecule has 124 valence electrons. The van der Waals surface area contributed by atoms with E-state index in [1.165, 1.54) is 19.2 Å². The van der Waals surface area contributed by atoms with E-state index in [4.69, 9.17) is 15.2 Å². The van der Waals surface area contributed by atoms with Gasteiger partial charge in [-0.05, 0) is 37.8 Å². The van der Waals surface area contributed by atoms with Gasteiger partial charge in [0, 0.05) is 11.6 Å². The lowest BCUT2D eigenvalue weighted by Crippen LogP contribution is -2.49. The largest absolute Gasteiger partial charge is 0.497 e. The van der Waals surface area contributed by atoms with E-state index in [0.29, 0.717) is 5.75 Å². The Balaban J connectivity index is 3.34. The quantitative estimate of drug-likeness (QED) is 0.847. The Labute approximate surface area is 131 Å². The van der Waals surface area contributed by atoms with E-state index in [-0.39, 0.29) is 23.5 Å². The first kappa shape index (κ1) is 18.4. The van der Waals surface area contributed by atoms with Crippen LogP contribution in [0.5, 0.6) is 5.75 Å². The van der Waals surface area contributed by atoms with Crippen LogP contribution in [0.3, 0.4) is 0 Å². The van der Waals surface area contributed by atoms with Gasteiger partial charge in [0.1, 0.15) is 17.1 Å². The van der Waals surface area contributed by atoms with Gasteiger partial charge in [-0.3, -0.25) is 0 Å². The van der Waals surface area contributed by atoms with Gasteiger partial charge in [-0.2, -0.15) is 0 Å². The topological polar surface area (TPSA) is 61.5 Å². The zero-order chi connectivity index (χ0) is 17.1. The van der Waals surface area contributed by atoms with Crippen molar-refractivity contribution in [1.29, 1.82) is 0 Å². The number of carbonyl (C=O) groups is 1. The molecule has 0 amide bonds. The number of rotatable bonds is 5. The summed E-state index contributed by atoms with van der Waals surface area (Å²) in [6, 6.07) is 4.30. The smallest absolute Gasteiger partial charge is 0.331 e. The Kier molecular flexibility index (Phi) is 5.57. The molecule has 0 heterocycles. The molecule has 1 aromatic carbocycles. The summed E-state index contributed by atoms with van der Waals surface area (Å²) in [7, 11) is 1.45. The van der Waals surface area contributed by atoms with Gasteiger partial charge in [0.05, 0.1) is 13.2 Å². The first-order valence-electron chi connectivity index (χ1n) is 7.33. The van der Waals surface area contributed by atoms with Crippen molar-refractivity contribution in [3.8, 4) is 5.75 Å². The number of esters is 1. The Bertz CT molecular complexity index is 537. The van der Waals surface area contributed by atoms with E-state index in [9.17, 15) is 9.18 Å². The van der Waals surface area contributed by atoms with Gasteiger partial charge in [0.15, 0.2) is 0 Å². The van der Waals surface area contributed by atoms with Crippen molar-refractivity contribution >= 4 is 5.97 Å². The minimum atomic E-state index is -1.54. The van der Waals surface area contributed by atoms with Crippen molar-refractivity contribution < 1.29 is 18.7 Å². The molecule has 0 unspecified atom stereocenters. The highest BCUT2D eigenvalue weighted by molar-refractivity contribution is 5.82. The molecule has 0 spiro atoms. The molecule has 0 radical (unpaired) electrons. The van der Waals surface area contributed by atoms with Crippen LogP contribution in [0.2, 0.25) is 0 Å². The lowest BCUT2D eigenvalue weighted by atomic mass is 9.76. The molecule has 2 N–H and O–H groups in total. The van der Waals surface area contributed by atoms with E-state index in [1.54, 1.807) is 19.9 Å². The highest BCUT2D eigenvalue weighted by Crippen LogP contribution is 2.36. The number of halogens is 1. The van der Waals surface area contributed by atoms with Crippen LogP contribution >= 0.6 is 0 Å². The monoisotopic (exact) mass is 311 g/mol. The van der Waals surface area contributed by atoms with Crippen molar-refractivity contribution in [3.05, 3.63) is 29.6 Å². The van der Waals surface area contributed by atoms with Crippen LogP contribution in [0.25, 0.3) is 0 Å². The highest BCUT2D eigenvalue weighted by Gasteiger charge is 2.43. The summed E-state index contributed by atoms with van der Waals surface area (Å²) in [5, 5.41) is 0. The van der Waals surface area contributed by atoms with Crippen molar-refractivity contribution in [2.45, 2.75) is 52.7 Å². The lowest BCUT2D eigenvalue weighted by Gasteiger charge is -2.34. The fraction of sp³-hybridized carbons (Fsp3) is 0.588. The predicted octanol–water partition coefficient (Wildman–Crippen LogP) is 3.38. The van der Waals surface area contributed by atoms with E-state index in [2.05, 4.69) is 0 Å². The molecule has 0 aromatic heterocycles. The Hall–Kier alpha value is -1.62. The van der Waals surface area contributed by atoms with Crippen LogP contribution in [0, 0.1) is 11.2 Å². The van der Waals surface area contributed by atoms with Crippen LogP contribution < -0.4 is 10.5 Å². The second-order valence-electron chi connectivity index (χ2n) is 7.01. The number of ether oxygens (including phenoxy) is 2. The van der Waals surface area contributed by atoms with Gasteiger partial charge in [-0.1, -0.05) is 20.8 Å². The second kappa shape index (κ2) is 6.65. The third kappa shape index (κ3) is 4.44. The summed E-state index contributed by atoms with van der Waals surface area (Å²) in [6.07, 6.45) is -0.0638. The van der Waals surface area contributed by atoms with E-state index in [0.717, 1.165) is 0 Å². The normalized spacial score (nSPS) is 14.6. The first-order valence-corrected chi connectivity index (χ1v) is 7.33.